The van der Waals surface area contributed by atoms with E-state index in [9.17, 15) is 0 Å². The SMILES string of the molecule is C[C@@H](NC1CCCc2sc(I)cc21)c1ccco1. The first kappa shape index (κ1) is 12.7. The highest BCUT2D eigenvalue weighted by atomic mass is 127. The number of hydrogen-bond acceptors (Lipinski definition) is 3. The number of hydrogen-bond donors (Lipinski definition) is 1. The molecule has 2 atom stereocenters. The third kappa shape index (κ3) is 2.51. The van der Waals surface area contributed by atoms with Gasteiger partial charge in [-0.05, 0) is 72.5 Å². The largest absolute Gasteiger partial charge is 0.468 e. The van der Waals surface area contributed by atoms with Gasteiger partial charge in [0.25, 0.3) is 0 Å². The van der Waals surface area contributed by atoms with Crippen molar-refractivity contribution in [2.45, 2.75) is 38.3 Å². The van der Waals surface area contributed by atoms with Crippen LogP contribution in [0.5, 0.6) is 0 Å². The van der Waals surface area contributed by atoms with E-state index in [-0.39, 0.29) is 6.04 Å². The fourth-order valence-corrected chi connectivity index (χ4v) is 4.74. The first-order chi connectivity index (χ1) is 8.74. The predicted octanol–water partition coefficient (Wildman–Crippen LogP) is 4.67. The molecule has 0 radical (unpaired) electrons. The molecule has 2 heterocycles. The summed E-state index contributed by atoms with van der Waals surface area (Å²) < 4.78 is 6.87. The maximum atomic E-state index is 5.47. The van der Waals surface area contributed by atoms with E-state index in [1.54, 1.807) is 11.1 Å². The lowest BCUT2D eigenvalue weighted by Gasteiger charge is -2.26. The average Bonchev–Trinajstić information content (AvgIpc) is 2.96. The van der Waals surface area contributed by atoms with Gasteiger partial charge in [0.05, 0.1) is 15.2 Å². The first-order valence-electron chi connectivity index (χ1n) is 6.31. The summed E-state index contributed by atoms with van der Waals surface area (Å²) in [6.45, 7) is 2.17. The zero-order chi connectivity index (χ0) is 12.5. The van der Waals surface area contributed by atoms with Gasteiger partial charge >= 0.3 is 0 Å². The van der Waals surface area contributed by atoms with Crippen molar-refractivity contribution in [1.29, 1.82) is 0 Å². The number of fused-ring (bicyclic) bond motifs is 1. The lowest BCUT2D eigenvalue weighted by atomic mass is 9.93. The Balaban J connectivity index is 1.78. The van der Waals surface area contributed by atoms with Crippen molar-refractivity contribution in [3.8, 4) is 0 Å². The minimum absolute atomic E-state index is 0.272. The van der Waals surface area contributed by atoms with Crippen LogP contribution in [0.15, 0.2) is 28.9 Å². The van der Waals surface area contributed by atoms with Crippen LogP contribution in [-0.4, -0.2) is 0 Å². The normalized spacial score (nSPS) is 20.7. The van der Waals surface area contributed by atoms with E-state index >= 15 is 0 Å². The van der Waals surface area contributed by atoms with Crippen LogP contribution in [0.4, 0.5) is 0 Å². The topological polar surface area (TPSA) is 25.2 Å². The Bertz CT molecular complexity index is 520. The molecule has 0 fully saturated rings. The highest BCUT2D eigenvalue weighted by Gasteiger charge is 2.24. The molecule has 0 spiro atoms. The molecule has 0 aromatic carbocycles. The van der Waals surface area contributed by atoms with E-state index in [0.29, 0.717) is 6.04 Å². The van der Waals surface area contributed by atoms with Gasteiger partial charge in [0, 0.05) is 10.9 Å². The molecule has 1 N–H and O–H groups in total. The Morgan fingerprint density at radius 2 is 2.44 bits per heavy atom. The molecule has 18 heavy (non-hydrogen) atoms. The van der Waals surface area contributed by atoms with Crippen molar-refractivity contribution < 1.29 is 4.42 Å². The Hall–Kier alpha value is -0.330. The van der Waals surface area contributed by atoms with E-state index in [4.69, 9.17) is 4.42 Å². The summed E-state index contributed by atoms with van der Waals surface area (Å²) in [5.74, 6) is 1.02. The van der Waals surface area contributed by atoms with Gasteiger partial charge < -0.3 is 9.73 Å². The van der Waals surface area contributed by atoms with Crippen LogP contribution in [0.25, 0.3) is 0 Å². The van der Waals surface area contributed by atoms with E-state index < -0.39 is 0 Å². The van der Waals surface area contributed by atoms with Crippen molar-refractivity contribution in [2.75, 3.05) is 0 Å². The molecule has 2 aromatic heterocycles. The van der Waals surface area contributed by atoms with Crippen LogP contribution in [-0.2, 0) is 6.42 Å². The first-order valence-corrected chi connectivity index (χ1v) is 8.21. The van der Waals surface area contributed by atoms with Gasteiger partial charge in [0.1, 0.15) is 5.76 Å². The molecule has 3 rings (SSSR count). The van der Waals surface area contributed by atoms with Crippen molar-refractivity contribution >= 4 is 33.9 Å². The monoisotopic (exact) mass is 373 g/mol. The standard InChI is InChI=1S/C14H16INOS/c1-9(12-5-3-7-17-12)16-11-4-2-6-13-10(11)8-14(15)18-13/h3,5,7-9,11,16H,2,4,6H2,1H3/t9-,11?/m1/s1. The molecule has 0 amide bonds. The third-order valence-electron chi connectivity index (χ3n) is 3.50. The van der Waals surface area contributed by atoms with Gasteiger partial charge in [-0.3, -0.25) is 0 Å². The summed E-state index contributed by atoms with van der Waals surface area (Å²) in [7, 11) is 0. The van der Waals surface area contributed by atoms with E-state index in [0.717, 1.165) is 5.76 Å². The van der Waals surface area contributed by atoms with Gasteiger partial charge in [0.2, 0.25) is 0 Å². The number of furan rings is 1. The Morgan fingerprint density at radius 1 is 1.56 bits per heavy atom. The minimum Gasteiger partial charge on any atom is -0.468 e. The number of halogens is 1. The molecule has 2 nitrogen and oxygen atoms in total. The number of thiophene rings is 1. The number of nitrogens with one attached hydrogen (secondary N) is 1. The van der Waals surface area contributed by atoms with Gasteiger partial charge in [-0.2, -0.15) is 0 Å². The number of aryl methyl sites for hydroxylation is 1. The fraction of sp³-hybridized carbons (Fsp3) is 0.429. The zero-order valence-electron chi connectivity index (χ0n) is 10.3. The molecular formula is C14H16INOS. The Kier molecular flexibility index (Phi) is 3.77. The quantitative estimate of drug-likeness (QED) is 0.791. The average molecular weight is 373 g/mol. The van der Waals surface area contributed by atoms with Crippen LogP contribution in [0.3, 0.4) is 0 Å². The summed E-state index contributed by atoms with van der Waals surface area (Å²) in [5.41, 5.74) is 1.51. The fourth-order valence-electron chi connectivity index (χ4n) is 2.62. The van der Waals surface area contributed by atoms with Crippen LogP contribution in [0, 0.1) is 2.88 Å². The molecule has 0 saturated heterocycles. The van der Waals surface area contributed by atoms with Gasteiger partial charge in [-0.25, -0.2) is 0 Å². The minimum atomic E-state index is 0.272. The molecule has 0 aliphatic heterocycles. The second kappa shape index (κ2) is 5.35. The summed E-state index contributed by atoms with van der Waals surface area (Å²) >= 11 is 4.37. The van der Waals surface area contributed by atoms with Gasteiger partial charge in [-0.15, -0.1) is 11.3 Å². The van der Waals surface area contributed by atoms with Crippen molar-refractivity contribution in [3.63, 3.8) is 0 Å². The molecule has 1 aliphatic carbocycles. The summed E-state index contributed by atoms with van der Waals surface area (Å²) in [4.78, 5) is 1.56. The van der Waals surface area contributed by atoms with Crippen LogP contribution in [0.1, 0.15) is 48.0 Å². The van der Waals surface area contributed by atoms with Crippen LogP contribution >= 0.6 is 33.9 Å². The molecule has 4 heteroatoms. The second-order valence-corrected chi connectivity index (χ2v) is 7.81. The molecule has 2 aromatic rings. The smallest absolute Gasteiger partial charge is 0.120 e. The van der Waals surface area contributed by atoms with Crippen LogP contribution in [0.2, 0.25) is 0 Å². The molecule has 0 saturated carbocycles. The molecule has 1 aliphatic rings. The third-order valence-corrected chi connectivity index (χ3v) is 5.48. The van der Waals surface area contributed by atoms with E-state index in [1.165, 1.54) is 27.7 Å². The van der Waals surface area contributed by atoms with Crippen molar-refractivity contribution in [3.05, 3.63) is 43.5 Å². The summed E-state index contributed by atoms with van der Waals surface area (Å²) in [6, 6.07) is 7.08. The molecule has 0 bridgehead atoms. The summed E-state index contributed by atoms with van der Waals surface area (Å²) in [5, 5.41) is 3.70. The van der Waals surface area contributed by atoms with Crippen molar-refractivity contribution in [1.82, 2.24) is 5.32 Å². The molecule has 96 valence electrons. The maximum Gasteiger partial charge on any atom is 0.120 e. The van der Waals surface area contributed by atoms with Crippen LogP contribution < -0.4 is 5.32 Å². The van der Waals surface area contributed by atoms with Gasteiger partial charge in [0.15, 0.2) is 0 Å². The van der Waals surface area contributed by atoms with E-state index in [1.807, 2.05) is 23.5 Å². The zero-order valence-corrected chi connectivity index (χ0v) is 13.3. The highest BCUT2D eigenvalue weighted by Crippen LogP contribution is 2.37. The summed E-state index contributed by atoms with van der Waals surface area (Å²) in [6.07, 6.45) is 5.50. The Labute approximate surface area is 125 Å². The van der Waals surface area contributed by atoms with Crippen molar-refractivity contribution in [2.24, 2.45) is 0 Å². The number of rotatable bonds is 3. The maximum absolute atomic E-state index is 5.47. The lowest BCUT2D eigenvalue weighted by molar-refractivity contribution is 0.369. The predicted molar refractivity (Wildman–Crippen MR) is 83.0 cm³/mol. The second-order valence-electron chi connectivity index (χ2n) is 4.78. The highest BCUT2D eigenvalue weighted by molar-refractivity contribution is 14.1. The van der Waals surface area contributed by atoms with E-state index in [2.05, 4.69) is 40.9 Å². The molecular weight excluding hydrogens is 357 g/mol. The van der Waals surface area contributed by atoms with Gasteiger partial charge in [-0.1, -0.05) is 0 Å². The Morgan fingerprint density at radius 3 is 3.22 bits per heavy atom. The lowest BCUT2D eigenvalue weighted by Crippen LogP contribution is -2.26. The molecule has 1 unspecified atom stereocenters.